The lowest BCUT2D eigenvalue weighted by Gasteiger charge is -2.31. The van der Waals surface area contributed by atoms with Crippen molar-refractivity contribution >= 4 is 22.6 Å². The van der Waals surface area contributed by atoms with Gasteiger partial charge in [-0.2, -0.15) is 0 Å². The highest BCUT2D eigenvalue weighted by Gasteiger charge is 2.30. The van der Waals surface area contributed by atoms with E-state index in [-0.39, 0.29) is 23.1 Å². The second-order valence-corrected chi connectivity index (χ2v) is 10.1. The minimum absolute atomic E-state index is 0.0163. The molecule has 1 fully saturated rings. The molecule has 8 nitrogen and oxygen atoms in total. The minimum atomic E-state index is -0.295. The number of aromatic nitrogens is 5. The Kier molecular flexibility index (Phi) is 6.74. The molecule has 0 radical (unpaired) electrons. The molecule has 0 N–H and O–H groups in total. The first kappa shape index (κ1) is 25.1. The number of nitrogens with zero attached hydrogens (tertiary/aromatic N) is 6. The molecule has 0 spiro atoms. The van der Waals surface area contributed by atoms with Gasteiger partial charge in [-0.1, -0.05) is 18.2 Å². The number of hydrogen-bond acceptors (Lipinski definition) is 6. The molecule has 1 aromatic carbocycles. The van der Waals surface area contributed by atoms with Gasteiger partial charge in [-0.05, 0) is 81.2 Å². The lowest BCUT2D eigenvalue weighted by molar-refractivity contribution is 0.0826. The first-order valence-corrected chi connectivity index (χ1v) is 13.3. The predicted molar refractivity (Wildman–Crippen MR) is 146 cm³/mol. The molecule has 0 bridgehead atoms. The Morgan fingerprint density at radius 1 is 1.03 bits per heavy atom. The Hall–Kier alpha value is -4.24. The van der Waals surface area contributed by atoms with E-state index in [2.05, 4.69) is 19.9 Å². The van der Waals surface area contributed by atoms with Crippen LogP contribution in [0.3, 0.4) is 0 Å². The van der Waals surface area contributed by atoms with Crippen LogP contribution in [0.2, 0.25) is 0 Å². The number of imidazole rings is 1. The largest absolute Gasteiger partial charge is 0.316 e. The fourth-order valence-corrected chi connectivity index (χ4v) is 5.48. The summed E-state index contributed by atoms with van der Waals surface area (Å²) in [5.74, 6) is -0.0177. The van der Waals surface area contributed by atoms with Gasteiger partial charge in [0.2, 0.25) is 5.78 Å². The topological polar surface area (TPSA) is 85.4 Å². The maximum Gasteiger partial charge on any atom is 0.261 e. The molecule has 1 saturated heterocycles. The lowest BCUT2D eigenvalue weighted by atomic mass is 9.91. The molecule has 9 heteroatoms. The minimum Gasteiger partial charge on any atom is -0.316 e. The number of hydrogen-bond donors (Lipinski definition) is 0. The fraction of sp³-hybridized carbons (Fsp3) is 0.300. The van der Waals surface area contributed by atoms with Gasteiger partial charge in [0, 0.05) is 42.7 Å². The van der Waals surface area contributed by atoms with Gasteiger partial charge in [-0.25, -0.2) is 19.3 Å². The number of Topliss-reactive ketones (excluding diaryl/α,β-unsaturated/α-hetero) is 1. The lowest BCUT2D eigenvalue weighted by Crippen LogP contribution is -2.38. The maximum atomic E-state index is 13.7. The van der Waals surface area contributed by atoms with Crippen LogP contribution in [-0.4, -0.2) is 54.2 Å². The average molecular weight is 525 g/mol. The van der Waals surface area contributed by atoms with Crippen molar-refractivity contribution in [1.29, 1.82) is 0 Å². The number of aryl methyl sites for hydroxylation is 1. The molecule has 5 aromatic rings. The van der Waals surface area contributed by atoms with Crippen molar-refractivity contribution in [3.05, 3.63) is 106 Å². The highest BCUT2D eigenvalue weighted by molar-refractivity contribution is 5.97. The highest BCUT2D eigenvalue weighted by Crippen LogP contribution is 2.25. The number of pyridine rings is 2. The van der Waals surface area contributed by atoms with Crippen molar-refractivity contribution in [1.82, 2.24) is 28.8 Å². The van der Waals surface area contributed by atoms with Crippen LogP contribution in [0.1, 0.15) is 40.3 Å². The van der Waals surface area contributed by atoms with Crippen molar-refractivity contribution in [3.8, 4) is 0 Å². The highest BCUT2D eigenvalue weighted by atomic mass is 19.1. The van der Waals surface area contributed by atoms with Crippen molar-refractivity contribution in [2.75, 3.05) is 19.6 Å². The van der Waals surface area contributed by atoms with E-state index in [0.717, 1.165) is 54.8 Å². The number of carbonyl (C=O) groups excluding carboxylic acids is 1. The number of likely N-dealkylation sites (tertiary alicyclic amines) is 1. The van der Waals surface area contributed by atoms with Crippen LogP contribution >= 0.6 is 0 Å². The van der Waals surface area contributed by atoms with Crippen LogP contribution in [0.25, 0.3) is 16.8 Å². The third-order valence-electron chi connectivity index (χ3n) is 7.67. The molecule has 39 heavy (non-hydrogen) atoms. The summed E-state index contributed by atoms with van der Waals surface area (Å²) in [6.45, 7) is 4.59. The Morgan fingerprint density at radius 2 is 1.82 bits per heavy atom. The Morgan fingerprint density at radius 3 is 2.62 bits per heavy atom. The van der Waals surface area contributed by atoms with Gasteiger partial charge in [-0.3, -0.25) is 14.0 Å². The predicted octanol–water partition coefficient (Wildman–Crippen LogP) is 4.07. The zero-order valence-corrected chi connectivity index (χ0v) is 21.8. The van der Waals surface area contributed by atoms with E-state index in [1.165, 1.54) is 12.1 Å². The molecule has 0 amide bonds. The van der Waals surface area contributed by atoms with Crippen molar-refractivity contribution in [3.63, 3.8) is 0 Å². The van der Waals surface area contributed by atoms with E-state index >= 15 is 0 Å². The van der Waals surface area contributed by atoms with Crippen LogP contribution in [0.4, 0.5) is 4.39 Å². The van der Waals surface area contributed by atoms with Gasteiger partial charge < -0.3 is 9.47 Å². The van der Waals surface area contributed by atoms with Crippen molar-refractivity contribution in [2.24, 2.45) is 5.92 Å². The molecule has 0 atom stereocenters. The summed E-state index contributed by atoms with van der Waals surface area (Å²) in [7, 11) is 0. The van der Waals surface area contributed by atoms with Gasteiger partial charge >= 0.3 is 0 Å². The van der Waals surface area contributed by atoms with Crippen LogP contribution in [0, 0.1) is 18.7 Å². The van der Waals surface area contributed by atoms with Gasteiger partial charge in [0.25, 0.3) is 5.56 Å². The quantitative estimate of drug-likeness (QED) is 0.299. The van der Waals surface area contributed by atoms with Crippen molar-refractivity contribution in [2.45, 2.75) is 32.7 Å². The summed E-state index contributed by atoms with van der Waals surface area (Å²) in [4.78, 5) is 42.6. The molecule has 5 heterocycles. The second-order valence-electron chi connectivity index (χ2n) is 10.1. The number of benzene rings is 1. The Bertz CT molecular complexity index is 1720. The molecule has 0 saturated carbocycles. The molecule has 0 unspecified atom stereocenters. The number of rotatable bonds is 7. The second kappa shape index (κ2) is 10.5. The Balaban J connectivity index is 1.15. The van der Waals surface area contributed by atoms with E-state index in [1.807, 2.05) is 41.8 Å². The van der Waals surface area contributed by atoms with Crippen LogP contribution in [-0.2, 0) is 13.0 Å². The normalized spacial score (nSPS) is 14.8. The van der Waals surface area contributed by atoms with Gasteiger partial charge in [-0.15, -0.1) is 0 Å². The SMILES string of the molecule is Cc1nc2ccccn2c(=O)c1CCN1CCC(C(=O)c2nc3ncccc3n2Cc2ccc(F)cc2)CC1. The number of fused-ring (bicyclic) bond motifs is 2. The molecular weight excluding hydrogens is 495 g/mol. The molecule has 1 aliphatic rings. The zero-order valence-electron chi connectivity index (χ0n) is 21.8. The summed E-state index contributed by atoms with van der Waals surface area (Å²) in [6, 6.07) is 15.6. The van der Waals surface area contributed by atoms with E-state index in [0.29, 0.717) is 30.1 Å². The molecule has 0 aliphatic carbocycles. The summed E-state index contributed by atoms with van der Waals surface area (Å²) >= 11 is 0. The summed E-state index contributed by atoms with van der Waals surface area (Å²) < 4.78 is 16.9. The fourth-order valence-electron chi connectivity index (χ4n) is 5.48. The first-order chi connectivity index (χ1) is 19.0. The van der Waals surface area contributed by atoms with Gasteiger partial charge in [0.1, 0.15) is 11.5 Å². The van der Waals surface area contributed by atoms with E-state index in [4.69, 9.17) is 0 Å². The van der Waals surface area contributed by atoms with E-state index in [1.54, 1.807) is 28.9 Å². The average Bonchev–Trinajstić information content (AvgIpc) is 3.32. The van der Waals surface area contributed by atoms with Gasteiger partial charge in [0.15, 0.2) is 11.5 Å². The Labute approximate surface area is 224 Å². The summed E-state index contributed by atoms with van der Waals surface area (Å²) in [6.07, 6.45) is 5.49. The van der Waals surface area contributed by atoms with Crippen LogP contribution in [0.15, 0.2) is 71.8 Å². The molecule has 4 aromatic heterocycles. The van der Waals surface area contributed by atoms with Gasteiger partial charge in [0.05, 0.1) is 5.52 Å². The molecule has 6 rings (SSSR count). The summed E-state index contributed by atoms with van der Waals surface area (Å²) in [5.41, 5.74) is 4.35. The zero-order chi connectivity index (χ0) is 26.9. The third kappa shape index (κ3) is 4.97. The van der Waals surface area contributed by atoms with Crippen LogP contribution in [0.5, 0.6) is 0 Å². The van der Waals surface area contributed by atoms with E-state index < -0.39 is 0 Å². The number of carbonyl (C=O) groups is 1. The standard InChI is InChI=1S/C30H29FN6O2/c1-20-24(30(39)36-15-3-2-6-26(36)33-20)13-18-35-16-11-22(12-17-35)27(38)29-34-28-25(5-4-14-32-28)37(29)19-21-7-9-23(31)10-8-21/h2-10,14-15,22H,11-13,16-19H2,1H3. The smallest absolute Gasteiger partial charge is 0.261 e. The monoisotopic (exact) mass is 524 g/mol. The molecule has 1 aliphatic heterocycles. The van der Waals surface area contributed by atoms with Crippen molar-refractivity contribution < 1.29 is 9.18 Å². The maximum absolute atomic E-state index is 13.7. The summed E-state index contributed by atoms with van der Waals surface area (Å²) in [5, 5.41) is 0. The van der Waals surface area contributed by atoms with Crippen LogP contribution < -0.4 is 5.56 Å². The molecule has 198 valence electrons. The first-order valence-electron chi connectivity index (χ1n) is 13.3. The number of piperidine rings is 1. The molecular formula is C30H29FN6O2. The number of halogens is 1. The van der Waals surface area contributed by atoms with E-state index in [9.17, 15) is 14.0 Å². The number of ketones is 1. The third-order valence-corrected chi connectivity index (χ3v) is 7.67.